The van der Waals surface area contributed by atoms with Gasteiger partial charge in [0.05, 0.1) is 6.42 Å². The summed E-state index contributed by atoms with van der Waals surface area (Å²) in [5.41, 5.74) is 0.982. The molecule has 1 aromatic rings. The van der Waals surface area contributed by atoms with E-state index in [0.29, 0.717) is 11.3 Å². The molecule has 0 aliphatic rings. The van der Waals surface area contributed by atoms with Gasteiger partial charge in [0.1, 0.15) is 0 Å². The van der Waals surface area contributed by atoms with Crippen LogP contribution in [-0.2, 0) is 16.0 Å². The summed E-state index contributed by atoms with van der Waals surface area (Å²) < 4.78 is 0. The van der Waals surface area contributed by atoms with Crippen molar-refractivity contribution in [2.24, 2.45) is 0 Å². The first-order valence-electron chi connectivity index (χ1n) is 4.70. The van der Waals surface area contributed by atoms with Crippen LogP contribution in [0.25, 0.3) is 0 Å². The SMILES string of the molecule is O=C(O)Cc1ccc(NC(=O)C[N+](=O)[O-])cc1. The summed E-state index contributed by atoms with van der Waals surface area (Å²) in [5.74, 6) is -1.67. The van der Waals surface area contributed by atoms with Crippen molar-refractivity contribution in [2.45, 2.75) is 6.42 Å². The molecule has 0 bridgehead atoms. The second-order valence-corrected chi connectivity index (χ2v) is 3.31. The largest absolute Gasteiger partial charge is 0.481 e. The fourth-order valence-corrected chi connectivity index (χ4v) is 1.20. The molecule has 2 N–H and O–H groups in total. The van der Waals surface area contributed by atoms with Gasteiger partial charge in [-0.15, -0.1) is 0 Å². The molecule has 0 aliphatic heterocycles. The first kappa shape index (κ1) is 12.6. The van der Waals surface area contributed by atoms with E-state index in [0.717, 1.165) is 0 Å². The number of nitrogens with one attached hydrogen (secondary N) is 1. The molecular formula is C10H10N2O5. The van der Waals surface area contributed by atoms with Gasteiger partial charge in [0.2, 0.25) is 0 Å². The van der Waals surface area contributed by atoms with Crippen LogP contribution in [0.5, 0.6) is 0 Å². The number of rotatable bonds is 5. The number of amides is 1. The Labute approximate surface area is 96.2 Å². The molecular weight excluding hydrogens is 228 g/mol. The van der Waals surface area contributed by atoms with Gasteiger partial charge >= 0.3 is 5.97 Å². The number of hydrogen-bond acceptors (Lipinski definition) is 4. The van der Waals surface area contributed by atoms with Crippen LogP contribution in [0, 0.1) is 10.1 Å². The fraction of sp³-hybridized carbons (Fsp3) is 0.200. The third-order valence-electron chi connectivity index (χ3n) is 1.87. The van der Waals surface area contributed by atoms with Gasteiger partial charge in [-0.05, 0) is 17.7 Å². The van der Waals surface area contributed by atoms with Gasteiger partial charge in [-0.2, -0.15) is 0 Å². The minimum absolute atomic E-state index is 0.108. The van der Waals surface area contributed by atoms with Crippen LogP contribution < -0.4 is 5.32 Å². The van der Waals surface area contributed by atoms with Crippen LogP contribution >= 0.6 is 0 Å². The lowest BCUT2D eigenvalue weighted by Gasteiger charge is -2.03. The Morgan fingerprint density at radius 1 is 1.29 bits per heavy atom. The highest BCUT2D eigenvalue weighted by Crippen LogP contribution is 2.09. The van der Waals surface area contributed by atoms with Crippen LogP contribution in [0.4, 0.5) is 5.69 Å². The van der Waals surface area contributed by atoms with Gasteiger partial charge in [-0.3, -0.25) is 19.7 Å². The zero-order chi connectivity index (χ0) is 12.8. The van der Waals surface area contributed by atoms with Crippen molar-refractivity contribution in [1.82, 2.24) is 0 Å². The van der Waals surface area contributed by atoms with Gasteiger partial charge < -0.3 is 10.4 Å². The molecule has 90 valence electrons. The summed E-state index contributed by atoms with van der Waals surface area (Å²) in [6.45, 7) is -0.795. The van der Waals surface area contributed by atoms with Gasteiger partial charge in [0.25, 0.3) is 12.5 Å². The summed E-state index contributed by atoms with van der Waals surface area (Å²) in [5, 5.41) is 20.9. The standard InChI is InChI=1S/C10H10N2O5/c13-9(6-12(16)17)11-8-3-1-7(2-4-8)5-10(14)15/h1-4H,5-6H2,(H,11,13)(H,14,15). The molecule has 0 radical (unpaired) electrons. The Kier molecular flexibility index (Phi) is 4.15. The predicted molar refractivity (Wildman–Crippen MR) is 58.3 cm³/mol. The molecule has 0 fully saturated rings. The van der Waals surface area contributed by atoms with E-state index >= 15 is 0 Å². The molecule has 0 spiro atoms. The first-order valence-corrected chi connectivity index (χ1v) is 4.70. The van der Waals surface area contributed by atoms with Crippen molar-refractivity contribution in [2.75, 3.05) is 11.9 Å². The molecule has 1 rings (SSSR count). The Balaban J connectivity index is 2.59. The lowest BCUT2D eigenvalue weighted by atomic mass is 10.1. The zero-order valence-electron chi connectivity index (χ0n) is 8.75. The van der Waals surface area contributed by atoms with Crippen molar-refractivity contribution >= 4 is 17.6 Å². The number of carbonyl (C=O) groups is 2. The Morgan fingerprint density at radius 3 is 2.35 bits per heavy atom. The molecule has 7 nitrogen and oxygen atoms in total. The monoisotopic (exact) mass is 238 g/mol. The molecule has 0 atom stereocenters. The van der Waals surface area contributed by atoms with E-state index in [9.17, 15) is 19.7 Å². The van der Waals surface area contributed by atoms with Gasteiger partial charge in [0.15, 0.2) is 0 Å². The van der Waals surface area contributed by atoms with Crippen LogP contribution in [0.2, 0.25) is 0 Å². The quantitative estimate of drug-likeness (QED) is 0.574. The fourth-order valence-electron chi connectivity index (χ4n) is 1.20. The molecule has 7 heteroatoms. The van der Waals surface area contributed by atoms with E-state index in [1.54, 1.807) is 0 Å². The highest BCUT2D eigenvalue weighted by atomic mass is 16.6. The van der Waals surface area contributed by atoms with E-state index in [1.807, 2.05) is 0 Å². The number of carboxylic acids is 1. The van der Waals surface area contributed by atoms with Crippen LogP contribution in [0.15, 0.2) is 24.3 Å². The molecule has 17 heavy (non-hydrogen) atoms. The van der Waals surface area contributed by atoms with E-state index in [-0.39, 0.29) is 6.42 Å². The summed E-state index contributed by atoms with van der Waals surface area (Å²) in [6, 6.07) is 6.07. The van der Waals surface area contributed by atoms with Gasteiger partial charge in [-0.1, -0.05) is 12.1 Å². The second-order valence-electron chi connectivity index (χ2n) is 3.31. The van der Waals surface area contributed by atoms with Crippen LogP contribution in [0.3, 0.4) is 0 Å². The minimum Gasteiger partial charge on any atom is -0.481 e. The number of anilines is 1. The van der Waals surface area contributed by atoms with Gasteiger partial charge in [0, 0.05) is 10.6 Å². The smallest absolute Gasteiger partial charge is 0.307 e. The van der Waals surface area contributed by atoms with Gasteiger partial charge in [-0.25, -0.2) is 0 Å². The third kappa shape index (κ3) is 4.74. The minimum atomic E-state index is -0.949. The molecule has 0 heterocycles. The second kappa shape index (κ2) is 5.59. The highest BCUT2D eigenvalue weighted by Gasteiger charge is 2.09. The third-order valence-corrected chi connectivity index (χ3v) is 1.87. The molecule has 0 aliphatic carbocycles. The Bertz CT molecular complexity index is 441. The maximum absolute atomic E-state index is 11.0. The Morgan fingerprint density at radius 2 is 1.88 bits per heavy atom. The number of nitro groups is 1. The zero-order valence-corrected chi connectivity index (χ0v) is 8.75. The Hall–Kier alpha value is -2.44. The lowest BCUT2D eigenvalue weighted by Crippen LogP contribution is -2.21. The molecule has 0 unspecified atom stereocenters. The topological polar surface area (TPSA) is 110 Å². The molecule has 0 saturated heterocycles. The average molecular weight is 238 g/mol. The van der Waals surface area contributed by atoms with Crippen molar-refractivity contribution in [3.8, 4) is 0 Å². The molecule has 0 saturated carbocycles. The van der Waals surface area contributed by atoms with Crippen molar-refractivity contribution in [3.05, 3.63) is 39.9 Å². The first-order chi connectivity index (χ1) is 7.97. The number of benzene rings is 1. The van der Waals surface area contributed by atoms with Crippen molar-refractivity contribution < 1.29 is 19.6 Å². The summed E-state index contributed by atoms with van der Waals surface area (Å²) in [6.07, 6.45) is -0.108. The summed E-state index contributed by atoms with van der Waals surface area (Å²) in [4.78, 5) is 30.8. The maximum Gasteiger partial charge on any atom is 0.307 e. The van der Waals surface area contributed by atoms with E-state index in [2.05, 4.69) is 5.32 Å². The molecule has 1 aromatic carbocycles. The average Bonchev–Trinajstić information content (AvgIpc) is 2.18. The van der Waals surface area contributed by atoms with Crippen LogP contribution in [0.1, 0.15) is 5.56 Å². The van der Waals surface area contributed by atoms with Crippen molar-refractivity contribution in [1.29, 1.82) is 0 Å². The van der Waals surface area contributed by atoms with E-state index < -0.39 is 23.3 Å². The molecule has 1 amide bonds. The van der Waals surface area contributed by atoms with Crippen molar-refractivity contribution in [3.63, 3.8) is 0 Å². The summed E-state index contributed by atoms with van der Waals surface area (Å²) >= 11 is 0. The number of aliphatic carboxylic acids is 1. The number of nitrogens with zero attached hydrogens (tertiary/aromatic N) is 1. The number of carbonyl (C=O) groups excluding carboxylic acids is 1. The summed E-state index contributed by atoms with van der Waals surface area (Å²) in [7, 11) is 0. The normalized spacial score (nSPS) is 9.65. The predicted octanol–water partition coefficient (Wildman–Crippen LogP) is 0.529. The molecule has 0 aromatic heterocycles. The maximum atomic E-state index is 11.0. The lowest BCUT2D eigenvalue weighted by molar-refractivity contribution is -0.467. The number of hydrogen-bond donors (Lipinski definition) is 2. The van der Waals surface area contributed by atoms with E-state index in [4.69, 9.17) is 5.11 Å². The highest BCUT2D eigenvalue weighted by molar-refractivity contribution is 5.91. The van der Waals surface area contributed by atoms with Crippen LogP contribution in [-0.4, -0.2) is 28.5 Å². The number of carboxylic acid groups (broad SMARTS) is 1. The van der Waals surface area contributed by atoms with E-state index in [1.165, 1.54) is 24.3 Å².